The summed E-state index contributed by atoms with van der Waals surface area (Å²) in [7, 11) is 0. The van der Waals surface area contributed by atoms with Crippen LogP contribution in [0, 0.1) is 19.8 Å². The lowest BCUT2D eigenvalue weighted by Gasteiger charge is -2.26. The van der Waals surface area contributed by atoms with Crippen molar-refractivity contribution < 1.29 is 4.79 Å². The molecule has 0 saturated heterocycles. The van der Waals surface area contributed by atoms with E-state index in [0.717, 1.165) is 22.6 Å². The third-order valence-electron chi connectivity index (χ3n) is 4.52. The molecular formula is C24H25NO. The van der Waals surface area contributed by atoms with E-state index >= 15 is 0 Å². The Hall–Kier alpha value is -2.87. The van der Waals surface area contributed by atoms with Crippen LogP contribution < -0.4 is 4.90 Å². The molecule has 0 N–H and O–H groups in total. The van der Waals surface area contributed by atoms with E-state index in [2.05, 4.69) is 67.3 Å². The first kappa shape index (κ1) is 17.9. The molecule has 3 rings (SSSR count). The highest BCUT2D eigenvalue weighted by Crippen LogP contribution is 2.34. The molecule has 2 heteroatoms. The number of aryl methyl sites for hydroxylation is 2. The number of benzene rings is 3. The Balaban J connectivity index is 2.04. The van der Waals surface area contributed by atoms with Crippen LogP contribution in [0.5, 0.6) is 0 Å². The summed E-state index contributed by atoms with van der Waals surface area (Å²) < 4.78 is 0. The summed E-state index contributed by atoms with van der Waals surface area (Å²) in [6.45, 7) is 8.04. The molecule has 0 unspecified atom stereocenters. The predicted molar refractivity (Wildman–Crippen MR) is 110 cm³/mol. The monoisotopic (exact) mass is 343 g/mol. The molecule has 0 atom stereocenters. The summed E-state index contributed by atoms with van der Waals surface area (Å²) in [5, 5.41) is 0. The van der Waals surface area contributed by atoms with E-state index in [1.807, 2.05) is 38.1 Å². The van der Waals surface area contributed by atoms with Gasteiger partial charge in [-0.1, -0.05) is 49.2 Å². The van der Waals surface area contributed by atoms with Crippen LogP contribution in [0.2, 0.25) is 0 Å². The maximum Gasteiger partial charge on any atom is 0.165 e. The number of carbonyl (C=O) groups is 1. The van der Waals surface area contributed by atoms with Crippen LogP contribution in [0.3, 0.4) is 0 Å². The Morgan fingerprint density at radius 3 is 1.35 bits per heavy atom. The standard InChI is InChI=1S/C24H25NO/c1-17(2)24(26)20-9-15-23(16-10-20)25(21-11-5-18(3)6-12-21)22-13-7-19(4)8-14-22/h5-17H,1-4H3. The Morgan fingerprint density at radius 1 is 0.654 bits per heavy atom. The molecule has 26 heavy (non-hydrogen) atoms. The molecule has 0 aliphatic carbocycles. The first-order chi connectivity index (χ1) is 12.5. The quantitative estimate of drug-likeness (QED) is 0.486. The van der Waals surface area contributed by atoms with Gasteiger partial charge in [-0.3, -0.25) is 4.79 Å². The Kier molecular flexibility index (Phi) is 5.22. The van der Waals surface area contributed by atoms with Gasteiger partial charge in [0.25, 0.3) is 0 Å². The molecule has 0 heterocycles. The summed E-state index contributed by atoms with van der Waals surface area (Å²) in [4.78, 5) is 14.4. The van der Waals surface area contributed by atoms with Crippen LogP contribution in [0.15, 0.2) is 72.8 Å². The van der Waals surface area contributed by atoms with Crippen molar-refractivity contribution in [3.63, 3.8) is 0 Å². The summed E-state index contributed by atoms with van der Waals surface area (Å²) in [6, 6.07) is 24.9. The van der Waals surface area contributed by atoms with Gasteiger partial charge in [-0.15, -0.1) is 0 Å². The Bertz CT molecular complexity index is 830. The van der Waals surface area contributed by atoms with E-state index in [1.165, 1.54) is 11.1 Å². The van der Waals surface area contributed by atoms with Gasteiger partial charge < -0.3 is 4.90 Å². The molecule has 0 fully saturated rings. The van der Waals surface area contributed by atoms with Crippen molar-refractivity contribution in [2.75, 3.05) is 4.90 Å². The van der Waals surface area contributed by atoms with E-state index in [4.69, 9.17) is 0 Å². The lowest BCUT2D eigenvalue weighted by atomic mass is 10.0. The zero-order chi connectivity index (χ0) is 18.7. The van der Waals surface area contributed by atoms with Gasteiger partial charge in [-0.2, -0.15) is 0 Å². The van der Waals surface area contributed by atoms with Gasteiger partial charge in [0.15, 0.2) is 5.78 Å². The number of hydrogen-bond acceptors (Lipinski definition) is 2. The van der Waals surface area contributed by atoms with Gasteiger partial charge in [0.05, 0.1) is 0 Å². The van der Waals surface area contributed by atoms with Crippen LogP contribution in [0.1, 0.15) is 35.3 Å². The van der Waals surface area contributed by atoms with Crippen LogP contribution in [0.25, 0.3) is 0 Å². The minimum atomic E-state index is 0.00569. The van der Waals surface area contributed by atoms with Crippen molar-refractivity contribution in [1.82, 2.24) is 0 Å². The van der Waals surface area contributed by atoms with Crippen molar-refractivity contribution in [2.24, 2.45) is 5.92 Å². The smallest absolute Gasteiger partial charge is 0.165 e. The van der Waals surface area contributed by atoms with Crippen LogP contribution in [-0.4, -0.2) is 5.78 Å². The summed E-state index contributed by atoms with van der Waals surface area (Å²) in [5.41, 5.74) is 6.46. The molecule has 3 aromatic rings. The SMILES string of the molecule is Cc1ccc(N(c2ccc(C)cc2)c2ccc(C(=O)C(C)C)cc2)cc1. The van der Waals surface area contributed by atoms with Crippen LogP contribution in [0.4, 0.5) is 17.1 Å². The average molecular weight is 343 g/mol. The molecule has 0 aliphatic heterocycles. The highest BCUT2D eigenvalue weighted by molar-refractivity contribution is 5.97. The van der Waals surface area contributed by atoms with Crippen molar-refractivity contribution >= 4 is 22.8 Å². The second kappa shape index (κ2) is 7.57. The third kappa shape index (κ3) is 3.85. The predicted octanol–water partition coefficient (Wildman–Crippen LogP) is 6.61. The third-order valence-corrected chi connectivity index (χ3v) is 4.52. The van der Waals surface area contributed by atoms with Crippen LogP contribution in [-0.2, 0) is 0 Å². The minimum absolute atomic E-state index is 0.00569. The number of ketones is 1. The van der Waals surface area contributed by atoms with Gasteiger partial charge >= 0.3 is 0 Å². The molecule has 0 bridgehead atoms. The maximum absolute atomic E-state index is 12.2. The first-order valence-corrected chi connectivity index (χ1v) is 9.03. The first-order valence-electron chi connectivity index (χ1n) is 9.03. The fourth-order valence-corrected chi connectivity index (χ4v) is 2.94. The lowest BCUT2D eigenvalue weighted by molar-refractivity contribution is 0.0939. The molecule has 0 aliphatic rings. The van der Waals surface area contributed by atoms with Crippen LogP contribution >= 0.6 is 0 Å². The summed E-state index contributed by atoms with van der Waals surface area (Å²) >= 11 is 0. The molecular weight excluding hydrogens is 318 g/mol. The summed E-state index contributed by atoms with van der Waals surface area (Å²) in [6.07, 6.45) is 0. The highest BCUT2D eigenvalue weighted by Gasteiger charge is 2.14. The highest BCUT2D eigenvalue weighted by atomic mass is 16.1. The average Bonchev–Trinajstić information content (AvgIpc) is 2.65. The maximum atomic E-state index is 12.2. The number of Topliss-reactive ketones (excluding diaryl/α,β-unsaturated/α-hetero) is 1. The fraction of sp³-hybridized carbons (Fsp3) is 0.208. The van der Waals surface area contributed by atoms with Gasteiger partial charge in [0.2, 0.25) is 0 Å². The van der Waals surface area contributed by atoms with E-state index < -0.39 is 0 Å². The summed E-state index contributed by atoms with van der Waals surface area (Å²) in [5.74, 6) is 0.180. The zero-order valence-electron chi connectivity index (χ0n) is 15.9. The molecule has 0 spiro atoms. The van der Waals surface area contributed by atoms with Crippen molar-refractivity contribution in [3.05, 3.63) is 89.5 Å². The molecule has 0 aromatic heterocycles. The largest absolute Gasteiger partial charge is 0.311 e. The fourth-order valence-electron chi connectivity index (χ4n) is 2.94. The Labute approximate surface area is 156 Å². The number of carbonyl (C=O) groups excluding carboxylic acids is 1. The molecule has 0 saturated carbocycles. The van der Waals surface area contributed by atoms with E-state index in [0.29, 0.717) is 0 Å². The van der Waals surface area contributed by atoms with Crippen molar-refractivity contribution in [1.29, 1.82) is 0 Å². The Morgan fingerprint density at radius 2 is 1.00 bits per heavy atom. The van der Waals surface area contributed by atoms with Gasteiger partial charge in [-0.25, -0.2) is 0 Å². The molecule has 2 nitrogen and oxygen atoms in total. The normalized spacial score (nSPS) is 10.8. The molecule has 0 amide bonds. The van der Waals surface area contributed by atoms with Gasteiger partial charge in [-0.05, 0) is 62.4 Å². The van der Waals surface area contributed by atoms with Gasteiger partial charge in [0, 0.05) is 28.5 Å². The van der Waals surface area contributed by atoms with E-state index in [-0.39, 0.29) is 11.7 Å². The van der Waals surface area contributed by atoms with Gasteiger partial charge in [0.1, 0.15) is 0 Å². The number of anilines is 3. The number of nitrogens with zero attached hydrogens (tertiary/aromatic N) is 1. The zero-order valence-corrected chi connectivity index (χ0v) is 15.9. The van der Waals surface area contributed by atoms with Crippen molar-refractivity contribution in [2.45, 2.75) is 27.7 Å². The number of hydrogen-bond donors (Lipinski definition) is 0. The molecule has 0 radical (unpaired) electrons. The topological polar surface area (TPSA) is 20.3 Å². The van der Waals surface area contributed by atoms with E-state index in [1.54, 1.807) is 0 Å². The second-order valence-corrected chi connectivity index (χ2v) is 7.07. The molecule has 132 valence electrons. The number of rotatable bonds is 5. The molecule has 3 aromatic carbocycles. The minimum Gasteiger partial charge on any atom is -0.311 e. The second-order valence-electron chi connectivity index (χ2n) is 7.07. The van der Waals surface area contributed by atoms with E-state index in [9.17, 15) is 4.79 Å². The lowest BCUT2D eigenvalue weighted by Crippen LogP contribution is -2.11. The van der Waals surface area contributed by atoms with Crippen molar-refractivity contribution in [3.8, 4) is 0 Å².